The van der Waals surface area contributed by atoms with E-state index in [0.29, 0.717) is 24.6 Å². The van der Waals surface area contributed by atoms with Crippen LogP contribution in [0.5, 0.6) is 0 Å². The summed E-state index contributed by atoms with van der Waals surface area (Å²) in [6.45, 7) is 7.49. The highest BCUT2D eigenvalue weighted by Crippen LogP contribution is 2.20. The molecule has 1 saturated heterocycles. The van der Waals surface area contributed by atoms with E-state index in [0.717, 1.165) is 38.5 Å². The maximum absolute atomic E-state index is 12.8. The first-order valence-corrected chi connectivity index (χ1v) is 11.2. The number of amides is 1. The Bertz CT molecular complexity index is 676. The van der Waals surface area contributed by atoms with Gasteiger partial charge in [0, 0.05) is 24.7 Å². The minimum atomic E-state index is -3.47. The maximum atomic E-state index is 12.8. The molecule has 2 rings (SSSR count). The molecule has 1 N–H and O–H groups in total. The van der Waals surface area contributed by atoms with Gasteiger partial charge in [0.15, 0.2) is 0 Å². The van der Waals surface area contributed by atoms with Crippen LogP contribution in [0.4, 0.5) is 0 Å². The summed E-state index contributed by atoms with van der Waals surface area (Å²) in [6, 6.07) is 6.41. The lowest BCUT2D eigenvalue weighted by molar-refractivity contribution is 0.0937. The lowest BCUT2D eigenvalue weighted by Crippen LogP contribution is -2.33. The standard InChI is InChI=1S/C20H32N2O3S/c1-16(2)8-9-17(3)21-20(23)18-10-12-19(13-11-18)26(24,25)22-14-6-4-5-7-15-22/h10-13,16-17H,4-9,14-15H2,1-3H3,(H,21,23). The molecule has 0 aromatic heterocycles. The Labute approximate surface area is 158 Å². The van der Waals surface area contributed by atoms with Crippen molar-refractivity contribution < 1.29 is 13.2 Å². The van der Waals surface area contributed by atoms with Gasteiger partial charge in [-0.2, -0.15) is 4.31 Å². The molecule has 1 aliphatic rings. The van der Waals surface area contributed by atoms with Gasteiger partial charge in [-0.15, -0.1) is 0 Å². The van der Waals surface area contributed by atoms with Gasteiger partial charge in [-0.1, -0.05) is 26.7 Å². The van der Waals surface area contributed by atoms with Crippen molar-refractivity contribution in [1.29, 1.82) is 0 Å². The van der Waals surface area contributed by atoms with E-state index >= 15 is 0 Å². The number of nitrogens with one attached hydrogen (secondary N) is 1. The zero-order valence-corrected chi connectivity index (χ0v) is 17.0. The molecule has 1 fully saturated rings. The van der Waals surface area contributed by atoms with Gasteiger partial charge < -0.3 is 5.32 Å². The van der Waals surface area contributed by atoms with Gasteiger partial charge in [-0.05, 0) is 62.8 Å². The first-order chi connectivity index (χ1) is 12.3. The van der Waals surface area contributed by atoms with Gasteiger partial charge >= 0.3 is 0 Å². The molecule has 146 valence electrons. The average Bonchev–Trinajstić information content (AvgIpc) is 2.90. The third-order valence-corrected chi connectivity index (χ3v) is 6.79. The molecule has 0 radical (unpaired) electrons. The molecule has 6 heteroatoms. The molecule has 0 spiro atoms. The van der Waals surface area contributed by atoms with Crippen LogP contribution in [-0.2, 0) is 10.0 Å². The van der Waals surface area contributed by atoms with Crippen LogP contribution in [0.15, 0.2) is 29.2 Å². The van der Waals surface area contributed by atoms with Crippen LogP contribution >= 0.6 is 0 Å². The fourth-order valence-corrected chi connectivity index (χ4v) is 4.69. The fourth-order valence-electron chi connectivity index (χ4n) is 3.17. The molecule has 1 aromatic carbocycles. The first-order valence-electron chi connectivity index (χ1n) is 9.72. The van der Waals surface area contributed by atoms with Gasteiger partial charge in [-0.3, -0.25) is 4.79 Å². The Balaban J connectivity index is 2.01. The summed E-state index contributed by atoms with van der Waals surface area (Å²) in [5.41, 5.74) is 0.496. The molecule has 0 bridgehead atoms. The normalized spacial score (nSPS) is 17.7. The molecule has 1 aromatic rings. The highest BCUT2D eigenvalue weighted by atomic mass is 32.2. The zero-order chi connectivity index (χ0) is 19.2. The first kappa shape index (κ1) is 20.9. The minimum Gasteiger partial charge on any atom is -0.350 e. The van der Waals surface area contributed by atoms with Crippen molar-refractivity contribution in [3.05, 3.63) is 29.8 Å². The van der Waals surface area contributed by atoms with Gasteiger partial charge in [-0.25, -0.2) is 8.42 Å². The van der Waals surface area contributed by atoms with Crippen molar-refractivity contribution in [3.8, 4) is 0 Å². The van der Waals surface area contributed by atoms with E-state index in [1.807, 2.05) is 6.92 Å². The Kier molecular flexibility index (Phi) is 7.65. The van der Waals surface area contributed by atoms with Crippen LogP contribution in [0.1, 0.15) is 69.7 Å². The van der Waals surface area contributed by atoms with Gasteiger partial charge in [0.05, 0.1) is 4.90 Å². The predicted octanol–water partition coefficient (Wildman–Crippen LogP) is 3.81. The average molecular weight is 381 g/mol. The quantitative estimate of drug-likeness (QED) is 0.782. The third-order valence-electron chi connectivity index (χ3n) is 4.87. The third kappa shape index (κ3) is 5.81. The number of rotatable bonds is 7. The van der Waals surface area contributed by atoms with Crippen LogP contribution in [-0.4, -0.2) is 37.8 Å². The Morgan fingerprint density at radius 2 is 1.58 bits per heavy atom. The van der Waals surface area contributed by atoms with E-state index in [4.69, 9.17) is 0 Å². The lowest BCUT2D eigenvalue weighted by atomic mass is 10.0. The van der Waals surface area contributed by atoms with Crippen molar-refractivity contribution in [2.75, 3.05) is 13.1 Å². The van der Waals surface area contributed by atoms with E-state index in [2.05, 4.69) is 19.2 Å². The number of benzene rings is 1. The van der Waals surface area contributed by atoms with Crippen molar-refractivity contribution in [3.63, 3.8) is 0 Å². The van der Waals surface area contributed by atoms with E-state index in [9.17, 15) is 13.2 Å². The zero-order valence-electron chi connectivity index (χ0n) is 16.2. The monoisotopic (exact) mass is 380 g/mol. The SMILES string of the molecule is CC(C)CCC(C)NC(=O)c1ccc(S(=O)(=O)N2CCCCCC2)cc1. The fraction of sp³-hybridized carbons (Fsp3) is 0.650. The van der Waals surface area contributed by atoms with E-state index in [-0.39, 0.29) is 16.8 Å². The Morgan fingerprint density at radius 1 is 1.00 bits per heavy atom. The molecule has 0 saturated carbocycles. The summed E-state index contributed by atoms with van der Waals surface area (Å²) in [5.74, 6) is 0.456. The number of nitrogens with zero attached hydrogens (tertiary/aromatic N) is 1. The van der Waals surface area contributed by atoms with Gasteiger partial charge in [0.25, 0.3) is 5.91 Å². The second-order valence-electron chi connectivity index (χ2n) is 7.69. The largest absolute Gasteiger partial charge is 0.350 e. The Morgan fingerprint density at radius 3 is 2.12 bits per heavy atom. The smallest absolute Gasteiger partial charge is 0.251 e. The molecule has 5 nitrogen and oxygen atoms in total. The van der Waals surface area contributed by atoms with Gasteiger partial charge in [0.2, 0.25) is 10.0 Å². The molecule has 1 aliphatic heterocycles. The molecule has 1 unspecified atom stereocenters. The summed E-state index contributed by atoms with van der Waals surface area (Å²) in [4.78, 5) is 12.6. The Hall–Kier alpha value is -1.40. The summed E-state index contributed by atoms with van der Waals surface area (Å²) in [7, 11) is -3.47. The van der Waals surface area contributed by atoms with Crippen LogP contribution < -0.4 is 5.32 Å². The number of hydrogen-bond donors (Lipinski definition) is 1. The summed E-state index contributed by atoms with van der Waals surface area (Å²) < 4.78 is 27.1. The van der Waals surface area contributed by atoms with Gasteiger partial charge in [0.1, 0.15) is 0 Å². The number of carbonyl (C=O) groups is 1. The van der Waals surface area contributed by atoms with Crippen LogP contribution in [0, 0.1) is 5.92 Å². The minimum absolute atomic E-state index is 0.102. The van der Waals surface area contributed by atoms with E-state index < -0.39 is 10.0 Å². The number of sulfonamides is 1. The second kappa shape index (κ2) is 9.51. The molecular formula is C20H32N2O3S. The van der Waals surface area contributed by atoms with E-state index in [1.54, 1.807) is 28.6 Å². The van der Waals surface area contributed by atoms with Crippen LogP contribution in [0.2, 0.25) is 0 Å². The highest BCUT2D eigenvalue weighted by molar-refractivity contribution is 7.89. The summed E-state index contributed by atoms with van der Waals surface area (Å²) >= 11 is 0. The van der Waals surface area contributed by atoms with Crippen molar-refractivity contribution in [1.82, 2.24) is 9.62 Å². The van der Waals surface area contributed by atoms with Crippen LogP contribution in [0.25, 0.3) is 0 Å². The molecule has 1 heterocycles. The molecular weight excluding hydrogens is 348 g/mol. The molecule has 0 aliphatic carbocycles. The maximum Gasteiger partial charge on any atom is 0.251 e. The second-order valence-corrected chi connectivity index (χ2v) is 9.63. The molecule has 1 atom stereocenters. The summed E-state index contributed by atoms with van der Waals surface area (Å²) in [5, 5.41) is 2.98. The highest BCUT2D eigenvalue weighted by Gasteiger charge is 2.25. The number of hydrogen-bond acceptors (Lipinski definition) is 3. The molecule has 26 heavy (non-hydrogen) atoms. The van der Waals surface area contributed by atoms with Crippen LogP contribution in [0.3, 0.4) is 0 Å². The molecule has 1 amide bonds. The summed E-state index contributed by atoms with van der Waals surface area (Å²) in [6.07, 6.45) is 5.99. The van der Waals surface area contributed by atoms with E-state index in [1.165, 1.54) is 0 Å². The van der Waals surface area contributed by atoms with Crippen molar-refractivity contribution in [2.24, 2.45) is 5.92 Å². The van der Waals surface area contributed by atoms with Crippen molar-refractivity contribution >= 4 is 15.9 Å². The van der Waals surface area contributed by atoms with Crippen molar-refractivity contribution in [2.45, 2.75) is 70.2 Å². The topological polar surface area (TPSA) is 66.5 Å². The number of carbonyl (C=O) groups excluding carboxylic acids is 1. The predicted molar refractivity (Wildman–Crippen MR) is 105 cm³/mol. The lowest BCUT2D eigenvalue weighted by Gasteiger charge is -2.20.